The Kier molecular flexibility index (Phi) is 5.35. The van der Waals surface area contributed by atoms with Crippen LogP contribution in [0.3, 0.4) is 0 Å². The summed E-state index contributed by atoms with van der Waals surface area (Å²) in [6, 6.07) is 0.646. The first-order valence-corrected chi connectivity index (χ1v) is 5.41. The van der Waals surface area contributed by atoms with Gasteiger partial charge in [-0.25, -0.2) is 0 Å². The summed E-state index contributed by atoms with van der Waals surface area (Å²) in [7, 11) is 0. The molecule has 78 valence electrons. The van der Waals surface area contributed by atoms with Crippen molar-refractivity contribution < 1.29 is 4.74 Å². The summed E-state index contributed by atoms with van der Waals surface area (Å²) in [5.74, 6) is 0. The summed E-state index contributed by atoms with van der Waals surface area (Å²) >= 11 is 0. The minimum absolute atomic E-state index is 0.646. The third kappa shape index (κ3) is 3.63. The van der Waals surface area contributed by atoms with Gasteiger partial charge in [0, 0.05) is 25.7 Å². The lowest BCUT2D eigenvalue weighted by Crippen LogP contribution is -2.47. The lowest BCUT2D eigenvalue weighted by atomic mass is 10.2. The smallest absolute Gasteiger partial charge is 0.0622 e. The summed E-state index contributed by atoms with van der Waals surface area (Å²) in [5, 5.41) is 3.36. The zero-order chi connectivity index (χ0) is 9.52. The first-order valence-electron chi connectivity index (χ1n) is 5.41. The van der Waals surface area contributed by atoms with Crippen LogP contribution in [0.15, 0.2) is 0 Å². The second-order valence-electron chi connectivity index (χ2n) is 3.53. The lowest BCUT2D eigenvalue weighted by molar-refractivity contribution is -0.00777. The second kappa shape index (κ2) is 6.35. The van der Waals surface area contributed by atoms with E-state index in [2.05, 4.69) is 24.1 Å². The molecule has 0 saturated carbocycles. The Bertz CT molecular complexity index is 130. The number of hydrogen-bond acceptors (Lipinski definition) is 3. The number of ether oxygens (including phenoxy) is 1. The molecule has 1 rings (SSSR count). The van der Waals surface area contributed by atoms with Gasteiger partial charge >= 0.3 is 0 Å². The lowest BCUT2D eigenvalue weighted by Gasteiger charge is -2.34. The third-order valence-corrected chi connectivity index (χ3v) is 2.65. The Morgan fingerprint density at radius 2 is 2.31 bits per heavy atom. The molecule has 1 atom stereocenters. The highest BCUT2D eigenvalue weighted by Crippen LogP contribution is 2.08. The molecule has 0 amide bonds. The van der Waals surface area contributed by atoms with Gasteiger partial charge in [-0.05, 0) is 13.0 Å². The predicted molar refractivity (Wildman–Crippen MR) is 55.0 cm³/mol. The largest absolute Gasteiger partial charge is 0.378 e. The molecule has 0 aromatic carbocycles. The number of nitrogens with one attached hydrogen (secondary N) is 1. The quantitative estimate of drug-likeness (QED) is 0.640. The second-order valence-corrected chi connectivity index (χ2v) is 3.53. The van der Waals surface area contributed by atoms with E-state index >= 15 is 0 Å². The standard InChI is InChI=1S/C10H22N2O/c1-3-10-9-13-8-7-12(10)6-5-11-4-2/h10-11H,3-9H2,1-2H3. The molecule has 0 aromatic rings. The molecule has 13 heavy (non-hydrogen) atoms. The van der Waals surface area contributed by atoms with Crippen molar-refractivity contribution in [2.24, 2.45) is 0 Å². The first kappa shape index (κ1) is 11.0. The SMILES string of the molecule is CCNCCN1CCOCC1CC. The van der Waals surface area contributed by atoms with Gasteiger partial charge in [0.2, 0.25) is 0 Å². The zero-order valence-corrected chi connectivity index (χ0v) is 8.88. The van der Waals surface area contributed by atoms with Crippen LogP contribution in [0.1, 0.15) is 20.3 Å². The molecule has 1 aliphatic heterocycles. The van der Waals surface area contributed by atoms with Crippen molar-refractivity contribution in [3.63, 3.8) is 0 Å². The van der Waals surface area contributed by atoms with Crippen LogP contribution >= 0.6 is 0 Å². The van der Waals surface area contributed by atoms with Gasteiger partial charge in [-0.3, -0.25) is 4.90 Å². The Morgan fingerprint density at radius 1 is 1.46 bits per heavy atom. The highest BCUT2D eigenvalue weighted by molar-refractivity contribution is 4.74. The molecule has 1 aliphatic rings. The van der Waals surface area contributed by atoms with E-state index in [0.29, 0.717) is 6.04 Å². The van der Waals surface area contributed by atoms with Gasteiger partial charge in [0.25, 0.3) is 0 Å². The van der Waals surface area contributed by atoms with Crippen LogP contribution in [0.5, 0.6) is 0 Å². The van der Waals surface area contributed by atoms with Gasteiger partial charge in [-0.1, -0.05) is 13.8 Å². The molecule has 0 bridgehead atoms. The Morgan fingerprint density at radius 3 is 3.00 bits per heavy atom. The molecule has 0 radical (unpaired) electrons. The van der Waals surface area contributed by atoms with E-state index in [-0.39, 0.29) is 0 Å². The summed E-state index contributed by atoms with van der Waals surface area (Å²) in [6.45, 7) is 10.6. The van der Waals surface area contributed by atoms with Crippen molar-refractivity contribution in [3.8, 4) is 0 Å². The van der Waals surface area contributed by atoms with E-state index in [1.807, 2.05) is 0 Å². The monoisotopic (exact) mass is 186 g/mol. The molecule has 3 nitrogen and oxygen atoms in total. The van der Waals surface area contributed by atoms with Crippen molar-refractivity contribution in [2.75, 3.05) is 39.4 Å². The van der Waals surface area contributed by atoms with Crippen LogP contribution in [-0.4, -0.2) is 50.3 Å². The van der Waals surface area contributed by atoms with Crippen molar-refractivity contribution >= 4 is 0 Å². The molecule has 0 aromatic heterocycles. The number of likely N-dealkylation sites (N-methyl/N-ethyl adjacent to an activating group) is 1. The van der Waals surface area contributed by atoms with E-state index in [9.17, 15) is 0 Å². The van der Waals surface area contributed by atoms with Gasteiger partial charge in [-0.15, -0.1) is 0 Å². The highest BCUT2D eigenvalue weighted by atomic mass is 16.5. The van der Waals surface area contributed by atoms with E-state index in [4.69, 9.17) is 4.74 Å². The maximum absolute atomic E-state index is 5.45. The summed E-state index contributed by atoms with van der Waals surface area (Å²) < 4.78 is 5.45. The van der Waals surface area contributed by atoms with Gasteiger partial charge in [0.05, 0.1) is 13.2 Å². The van der Waals surface area contributed by atoms with Gasteiger partial charge in [-0.2, -0.15) is 0 Å². The third-order valence-electron chi connectivity index (χ3n) is 2.65. The molecule has 1 N–H and O–H groups in total. The van der Waals surface area contributed by atoms with E-state index in [1.165, 1.54) is 6.42 Å². The summed E-state index contributed by atoms with van der Waals surface area (Å²) in [5.41, 5.74) is 0. The molecule has 1 fully saturated rings. The fraction of sp³-hybridized carbons (Fsp3) is 1.00. The Balaban J connectivity index is 2.19. The number of hydrogen-bond donors (Lipinski definition) is 1. The number of rotatable bonds is 5. The maximum atomic E-state index is 5.45. The number of morpholine rings is 1. The molecular formula is C10H22N2O. The van der Waals surface area contributed by atoms with E-state index in [1.54, 1.807) is 0 Å². The minimum atomic E-state index is 0.646. The number of nitrogens with zero attached hydrogens (tertiary/aromatic N) is 1. The topological polar surface area (TPSA) is 24.5 Å². The Hall–Kier alpha value is -0.120. The zero-order valence-electron chi connectivity index (χ0n) is 8.88. The van der Waals surface area contributed by atoms with E-state index < -0.39 is 0 Å². The molecule has 1 heterocycles. The highest BCUT2D eigenvalue weighted by Gasteiger charge is 2.20. The maximum Gasteiger partial charge on any atom is 0.0622 e. The van der Waals surface area contributed by atoms with Crippen LogP contribution in [0.4, 0.5) is 0 Å². The first-order chi connectivity index (χ1) is 6.38. The molecule has 0 spiro atoms. The van der Waals surface area contributed by atoms with Gasteiger partial charge in [0.15, 0.2) is 0 Å². The van der Waals surface area contributed by atoms with Gasteiger partial charge < -0.3 is 10.1 Å². The van der Waals surface area contributed by atoms with Crippen LogP contribution in [0.2, 0.25) is 0 Å². The van der Waals surface area contributed by atoms with E-state index in [0.717, 1.165) is 39.4 Å². The molecule has 0 aliphatic carbocycles. The van der Waals surface area contributed by atoms with Crippen LogP contribution in [-0.2, 0) is 4.74 Å². The molecule has 3 heteroatoms. The summed E-state index contributed by atoms with van der Waals surface area (Å²) in [4.78, 5) is 2.53. The van der Waals surface area contributed by atoms with Crippen molar-refractivity contribution in [1.82, 2.24) is 10.2 Å². The average Bonchev–Trinajstić information content (AvgIpc) is 2.19. The van der Waals surface area contributed by atoms with Crippen LogP contribution in [0, 0.1) is 0 Å². The molecular weight excluding hydrogens is 164 g/mol. The average molecular weight is 186 g/mol. The normalized spacial score (nSPS) is 24.9. The Labute approximate surface area is 81.4 Å². The summed E-state index contributed by atoms with van der Waals surface area (Å²) in [6.07, 6.45) is 1.20. The van der Waals surface area contributed by atoms with Gasteiger partial charge in [0.1, 0.15) is 0 Å². The van der Waals surface area contributed by atoms with Crippen LogP contribution < -0.4 is 5.32 Å². The fourth-order valence-corrected chi connectivity index (χ4v) is 1.76. The van der Waals surface area contributed by atoms with Crippen LogP contribution in [0.25, 0.3) is 0 Å². The van der Waals surface area contributed by atoms with Crippen molar-refractivity contribution in [2.45, 2.75) is 26.3 Å². The molecule has 1 saturated heterocycles. The van der Waals surface area contributed by atoms with Crippen molar-refractivity contribution in [1.29, 1.82) is 0 Å². The molecule has 1 unspecified atom stereocenters. The fourth-order valence-electron chi connectivity index (χ4n) is 1.76. The minimum Gasteiger partial charge on any atom is -0.378 e. The van der Waals surface area contributed by atoms with Crippen molar-refractivity contribution in [3.05, 3.63) is 0 Å². The predicted octanol–water partition coefficient (Wildman–Crippen LogP) is 0.707.